The molecule has 0 amide bonds. The minimum absolute atomic E-state index is 1.23. The van der Waals surface area contributed by atoms with Crippen molar-refractivity contribution >= 4 is 23.5 Å². The molecule has 0 saturated carbocycles. The fourth-order valence-electron chi connectivity index (χ4n) is 0.370. The van der Waals surface area contributed by atoms with Crippen LogP contribution < -0.4 is 0 Å². The quantitative estimate of drug-likeness (QED) is 0.550. The van der Waals surface area contributed by atoms with Crippen LogP contribution in [0.15, 0.2) is 12.0 Å². The Hall–Kier alpha value is 0.440. The highest BCUT2D eigenvalue weighted by Crippen LogP contribution is 2.04. The summed E-state index contributed by atoms with van der Waals surface area (Å²) in [5.41, 5.74) is 0. The molecule has 0 N–H and O–H groups in total. The zero-order chi connectivity index (χ0) is 6.24. The van der Waals surface area contributed by atoms with E-state index in [1.807, 2.05) is 17.2 Å². The first-order chi connectivity index (χ1) is 3.91. The van der Waals surface area contributed by atoms with Gasteiger partial charge in [0.15, 0.2) is 0 Å². The maximum absolute atomic E-state index is 3.61. The summed E-state index contributed by atoms with van der Waals surface area (Å²) in [5, 5.41) is 1.90. The second-order valence-corrected chi connectivity index (χ2v) is 3.44. The lowest BCUT2D eigenvalue weighted by Crippen LogP contribution is -1.79. The lowest BCUT2D eigenvalue weighted by atomic mass is 10.6. The molecule has 0 unspecified atom stereocenters. The van der Waals surface area contributed by atoms with Crippen molar-refractivity contribution in [2.75, 3.05) is 17.8 Å². The van der Waals surface area contributed by atoms with Gasteiger partial charge in [0.05, 0.1) is 0 Å². The number of rotatable bonds is 5. The molecule has 0 spiro atoms. The van der Waals surface area contributed by atoms with Crippen LogP contribution >= 0.6 is 23.5 Å². The monoisotopic (exact) mass is 148 g/mol. The Kier molecular flexibility index (Phi) is 7.85. The predicted octanol–water partition coefficient (Wildman–Crippen LogP) is 2.62. The van der Waals surface area contributed by atoms with E-state index < -0.39 is 0 Å². The largest absolute Gasteiger partial charge is 0.165 e. The van der Waals surface area contributed by atoms with Crippen LogP contribution in [0.2, 0.25) is 0 Å². The van der Waals surface area contributed by atoms with E-state index in [4.69, 9.17) is 0 Å². The zero-order valence-corrected chi connectivity index (χ0v) is 6.86. The average molecular weight is 148 g/mol. The standard InChI is InChI=1S/C6H12S2/c1-3-8-6-4-5-7-2/h3H,1,4-6H2,2H3. The van der Waals surface area contributed by atoms with Gasteiger partial charge >= 0.3 is 0 Å². The van der Waals surface area contributed by atoms with E-state index in [-0.39, 0.29) is 0 Å². The molecule has 0 nitrogen and oxygen atoms in total. The summed E-state index contributed by atoms with van der Waals surface area (Å²) in [5.74, 6) is 2.51. The molecule has 0 rings (SSSR count). The van der Waals surface area contributed by atoms with Crippen molar-refractivity contribution in [1.82, 2.24) is 0 Å². The molecule has 0 aliphatic heterocycles. The predicted molar refractivity (Wildman–Crippen MR) is 45.7 cm³/mol. The van der Waals surface area contributed by atoms with Crippen molar-refractivity contribution in [2.45, 2.75) is 6.42 Å². The zero-order valence-electron chi connectivity index (χ0n) is 5.22. The van der Waals surface area contributed by atoms with Crippen LogP contribution in [0.25, 0.3) is 0 Å². The van der Waals surface area contributed by atoms with Gasteiger partial charge in [-0.3, -0.25) is 0 Å². The summed E-state index contributed by atoms with van der Waals surface area (Å²) < 4.78 is 0. The van der Waals surface area contributed by atoms with Gasteiger partial charge < -0.3 is 0 Å². The van der Waals surface area contributed by atoms with Gasteiger partial charge in [0.25, 0.3) is 0 Å². The minimum Gasteiger partial charge on any atom is -0.165 e. The van der Waals surface area contributed by atoms with Gasteiger partial charge in [-0.15, -0.1) is 11.8 Å². The van der Waals surface area contributed by atoms with E-state index >= 15 is 0 Å². The van der Waals surface area contributed by atoms with Crippen LogP contribution in [0.1, 0.15) is 6.42 Å². The van der Waals surface area contributed by atoms with Gasteiger partial charge in [0.2, 0.25) is 0 Å². The summed E-state index contributed by atoms with van der Waals surface area (Å²) in [7, 11) is 0. The van der Waals surface area contributed by atoms with Gasteiger partial charge in [0, 0.05) is 0 Å². The van der Waals surface area contributed by atoms with Crippen molar-refractivity contribution in [2.24, 2.45) is 0 Å². The smallest absolute Gasteiger partial charge is 0.00183 e. The van der Waals surface area contributed by atoms with Crippen LogP contribution in [0.5, 0.6) is 0 Å². The second-order valence-electron chi connectivity index (χ2n) is 1.38. The van der Waals surface area contributed by atoms with Crippen LogP contribution in [-0.2, 0) is 0 Å². The van der Waals surface area contributed by atoms with Crippen LogP contribution in [-0.4, -0.2) is 17.8 Å². The highest BCUT2D eigenvalue weighted by molar-refractivity contribution is 8.02. The first-order valence-electron chi connectivity index (χ1n) is 2.63. The molecular formula is C6H12S2. The molecular weight excluding hydrogens is 136 g/mol. The molecule has 0 aromatic carbocycles. The van der Waals surface area contributed by atoms with E-state index in [1.54, 1.807) is 11.8 Å². The molecule has 0 fully saturated rings. The van der Waals surface area contributed by atoms with E-state index in [1.165, 1.54) is 17.9 Å². The normalized spacial score (nSPS) is 9.12. The maximum Gasteiger partial charge on any atom is -0.00183 e. The Morgan fingerprint density at radius 3 is 2.75 bits per heavy atom. The molecule has 8 heavy (non-hydrogen) atoms. The summed E-state index contributed by atoms with van der Waals surface area (Å²) in [6.07, 6.45) is 3.44. The Labute approximate surface area is 60.1 Å². The lowest BCUT2D eigenvalue weighted by Gasteiger charge is -1.91. The molecule has 0 saturated heterocycles. The molecule has 0 aliphatic rings. The van der Waals surface area contributed by atoms with Crippen molar-refractivity contribution < 1.29 is 0 Å². The highest BCUT2D eigenvalue weighted by Gasteiger charge is 1.81. The molecule has 48 valence electrons. The summed E-state index contributed by atoms with van der Waals surface area (Å²) in [6.45, 7) is 3.61. The SMILES string of the molecule is C=CSCCCSC. The second kappa shape index (κ2) is 7.44. The van der Waals surface area contributed by atoms with Crippen LogP contribution in [0, 0.1) is 0 Å². The van der Waals surface area contributed by atoms with Crippen LogP contribution in [0.4, 0.5) is 0 Å². The lowest BCUT2D eigenvalue weighted by molar-refractivity contribution is 1.13. The third kappa shape index (κ3) is 6.44. The maximum atomic E-state index is 3.61. The molecule has 0 aliphatic carbocycles. The molecule has 0 aromatic rings. The summed E-state index contributed by atoms with van der Waals surface area (Å²) in [4.78, 5) is 0. The number of thioether (sulfide) groups is 2. The van der Waals surface area contributed by atoms with E-state index in [9.17, 15) is 0 Å². The fourth-order valence-corrected chi connectivity index (χ4v) is 1.46. The van der Waals surface area contributed by atoms with E-state index in [0.29, 0.717) is 0 Å². The fraction of sp³-hybridized carbons (Fsp3) is 0.667. The van der Waals surface area contributed by atoms with E-state index in [0.717, 1.165) is 0 Å². The Bertz CT molecular complexity index is 52.5. The molecule has 0 radical (unpaired) electrons. The van der Waals surface area contributed by atoms with Gasteiger partial charge in [0.1, 0.15) is 0 Å². The summed E-state index contributed by atoms with van der Waals surface area (Å²) in [6, 6.07) is 0. The van der Waals surface area contributed by atoms with Crippen molar-refractivity contribution in [3.63, 3.8) is 0 Å². The van der Waals surface area contributed by atoms with Gasteiger partial charge in [-0.05, 0) is 29.6 Å². The number of hydrogen-bond acceptors (Lipinski definition) is 2. The summed E-state index contributed by atoms with van der Waals surface area (Å²) >= 11 is 3.70. The van der Waals surface area contributed by atoms with Crippen molar-refractivity contribution in [3.8, 4) is 0 Å². The Balaban J connectivity index is 2.62. The topological polar surface area (TPSA) is 0 Å². The van der Waals surface area contributed by atoms with E-state index in [2.05, 4.69) is 12.8 Å². The third-order valence-corrected chi connectivity index (χ3v) is 2.19. The molecule has 0 bridgehead atoms. The van der Waals surface area contributed by atoms with Crippen molar-refractivity contribution in [3.05, 3.63) is 12.0 Å². The molecule has 0 atom stereocenters. The number of hydrogen-bond donors (Lipinski definition) is 0. The highest BCUT2D eigenvalue weighted by atomic mass is 32.2. The molecule has 0 heterocycles. The molecule has 0 aromatic heterocycles. The minimum atomic E-state index is 1.23. The molecule has 2 heteroatoms. The average Bonchev–Trinajstić information content (AvgIpc) is 1.81. The Morgan fingerprint density at radius 2 is 2.25 bits per heavy atom. The van der Waals surface area contributed by atoms with Crippen molar-refractivity contribution in [1.29, 1.82) is 0 Å². The first kappa shape index (κ1) is 8.44. The van der Waals surface area contributed by atoms with Gasteiger partial charge in [-0.1, -0.05) is 6.58 Å². The first-order valence-corrected chi connectivity index (χ1v) is 5.07. The van der Waals surface area contributed by atoms with Crippen LogP contribution in [0.3, 0.4) is 0 Å². The van der Waals surface area contributed by atoms with Gasteiger partial charge in [-0.25, -0.2) is 0 Å². The Morgan fingerprint density at radius 1 is 1.50 bits per heavy atom. The van der Waals surface area contributed by atoms with Gasteiger partial charge in [-0.2, -0.15) is 11.8 Å². The third-order valence-electron chi connectivity index (χ3n) is 0.729.